The summed E-state index contributed by atoms with van der Waals surface area (Å²) in [7, 11) is 0. The molecule has 15 heavy (non-hydrogen) atoms. The number of carbonyl (C=O) groups is 1. The lowest BCUT2D eigenvalue weighted by atomic mass is 10.1. The van der Waals surface area contributed by atoms with Gasteiger partial charge in [-0.05, 0) is 37.1 Å². The van der Waals surface area contributed by atoms with E-state index < -0.39 is 0 Å². The molecule has 1 rings (SSSR count). The second-order valence-electron chi connectivity index (χ2n) is 3.67. The summed E-state index contributed by atoms with van der Waals surface area (Å²) in [6, 6.07) is 5.48. The van der Waals surface area contributed by atoms with Gasteiger partial charge in [0.15, 0.2) is 0 Å². The summed E-state index contributed by atoms with van der Waals surface area (Å²) in [4.78, 5) is 10.9. The number of amides is 1. The van der Waals surface area contributed by atoms with Crippen LogP contribution in [0.2, 0.25) is 0 Å². The number of aryl methyl sites for hydroxylation is 1. The number of primary amides is 1. The molecule has 1 aromatic carbocycles. The third-order valence-electron chi connectivity index (χ3n) is 2.36. The van der Waals surface area contributed by atoms with Crippen LogP contribution < -0.4 is 11.1 Å². The van der Waals surface area contributed by atoms with Crippen LogP contribution >= 0.6 is 0 Å². The van der Waals surface area contributed by atoms with Crippen molar-refractivity contribution in [2.24, 2.45) is 5.73 Å². The number of carbonyl (C=O) groups excluding carboxylic acids is 1. The standard InChI is InChI=1S/C12H18N2O/c1-3-4-7-14-11-6-5-10(12(13)15)8-9(11)2/h5-6,8,14H,3-4,7H2,1-2H3,(H2,13,15). The van der Waals surface area contributed by atoms with Crippen molar-refractivity contribution in [2.45, 2.75) is 26.7 Å². The minimum absolute atomic E-state index is 0.377. The molecule has 0 aliphatic rings. The van der Waals surface area contributed by atoms with Crippen LogP contribution in [-0.2, 0) is 0 Å². The summed E-state index contributed by atoms with van der Waals surface area (Å²) in [6.45, 7) is 5.10. The van der Waals surface area contributed by atoms with E-state index in [0.29, 0.717) is 5.56 Å². The van der Waals surface area contributed by atoms with Crippen molar-refractivity contribution in [3.05, 3.63) is 29.3 Å². The van der Waals surface area contributed by atoms with Gasteiger partial charge in [0.25, 0.3) is 0 Å². The molecular weight excluding hydrogens is 188 g/mol. The van der Waals surface area contributed by atoms with Crippen molar-refractivity contribution < 1.29 is 4.79 Å². The first-order valence-corrected chi connectivity index (χ1v) is 5.29. The third kappa shape index (κ3) is 3.27. The third-order valence-corrected chi connectivity index (χ3v) is 2.36. The molecule has 0 bridgehead atoms. The molecule has 0 fully saturated rings. The highest BCUT2D eigenvalue weighted by atomic mass is 16.1. The Morgan fingerprint density at radius 2 is 2.20 bits per heavy atom. The Hall–Kier alpha value is -1.51. The number of hydrogen-bond acceptors (Lipinski definition) is 2. The average Bonchev–Trinajstić information content (AvgIpc) is 2.20. The Bertz CT molecular complexity index is 347. The Morgan fingerprint density at radius 3 is 2.73 bits per heavy atom. The van der Waals surface area contributed by atoms with Gasteiger partial charge in [-0.3, -0.25) is 4.79 Å². The van der Waals surface area contributed by atoms with Gasteiger partial charge in [0, 0.05) is 17.8 Å². The molecule has 3 N–H and O–H groups in total. The minimum atomic E-state index is -0.377. The SMILES string of the molecule is CCCCNc1ccc(C(N)=O)cc1C. The summed E-state index contributed by atoms with van der Waals surface area (Å²) < 4.78 is 0. The molecule has 0 radical (unpaired) electrons. The monoisotopic (exact) mass is 206 g/mol. The van der Waals surface area contributed by atoms with Gasteiger partial charge in [-0.25, -0.2) is 0 Å². The molecular formula is C12H18N2O. The van der Waals surface area contributed by atoms with Gasteiger partial charge in [0.05, 0.1) is 0 Å². The molecule has 0 aliphatic carbocycles. The van der Waals surface area contributed by atoms with Crippen molar-refractivity contribution in [1.29, 1.82) is 0 Å². The van der Waals surface area contributed by atoms with Crippen LogP contribution in [0.25, 0.3) is 0 Å². The molecule has 0 unspecified atom stereocenters. The van der Waals surface area contributed by atoms with E-state index in [9.17, 15) is 4.79 Å². The van der Waals surface area contributed by atoms with Crippen LogP contribution in [-0.4, -0.2) is 12.5 Å². The molecule has 0 aliphatic heterocycles. The highest BCUT2D eigenvalue weighted by Gasteiger charge is 2.03. The number of hydrogen-bond donors (Lipinski definition) is 2. The molecule has 1 amide bonds. The van der Waals surface area contributed by atoms with Crippen LogP contribution in [0, 0.1) is 6.92 Å². The number of nitrogens with one attached hydrogen (secondary N) is 1. The Morgan fingerprint density at radius 1 is 1.47 bits per heavy atom. The van der Waals surface area contributed by atoms with Crippen molar-refractivity contribution >= 4 is 11.6 Å². The lowest BCUT2D eigenvalue weighted by Crippen LogP contribution is -2.11. The summed E-state index contributed by atoms with van der Waals surface area (Å²) in [6.07, 6.45) is 2.32. The molecule has 0 atom stereocenters. The van der Waals surface area contributed by atoms with E-state index in [-0.39, 0.29) is 5.91 Å². The van der Waals surface area contributed by atoms with Gasteiger partial charge in [0.2, 0.25) is 5.91 Å². The number of anilines is 1. The minimum Gasteiger partial charge on any atom is -0.385 e. The van der Waals surface area contributed by atoms with Crippen LogP contribution in [0.15, 0.2) is 18.2 Å². The summed E-state index contributed by atoms with van der Waals surface area (Å²) in [5.41, 5.74) is 7.89. The van der Waals surface area contributed by atoms with Crippen molar-refractivity contribution in [3.8, 4) is 0 Å². The zero-order chi connectivity index (χ0) is 11.3. The van der Waals surface area contributed by atoms with Crippen LogP contribution in [0.3, 0.4) is 0 Å². The van der Waals surface area contributed by atoms with E-state index in [1.807, 2.05) is 19.1 Å². The van der Waals surface area contributed by atoms with Crippen molar-refractivity contribution in [2.75, 3.05) is 11.9 Å². The molecule has 0 spiro atoms. The predicted octanol–water partition coefficient (Wildman–Crippen LogP) is 2.31. The largest absolute Gasteiger partial charge is 0.385 e. The highest BCUT2D eigenvalue weighted by molar-refractivity contribution is 5.93. The highest BCUT2D eigenvalue weighted by Crippen LogP contribution is 2.16. The van der Waals surface area contributed by atoms with E-state index in [1.165, 1.54) is 6.42 Å². The Labute approximate surface area is 90.7 Å². The van der Waals surface area contributed by atoms with Gasteiger partial charge in [-0.1, -0.05) is 13.3 Å². The van der Waals surface area contributed by atoms with Gasteiger partial charge in [0.1, 0.15) is 0 Å². The fourth-order valence-corrected chi connectivity index (χ4v) is 1.42. The first-order valence-electron chi connectivity index (χ1n) is 5.29. The molecule has 0 saturated heterocycles. The topological polar surface area (TPSA) is 55.1 Å². The summed E-state index contributed by atoms with van der Waals surface area (Å²) in [5, 5.41) is 3.33. The van der Waals surface area contributed by atoms with Gasteiger partial charge in [-0.2, -0.15) is 0 Å². The van der Waals surface area contributed by atoms with E-state index >= 15 is 0 Å². The van der Waals surface area contributed by atoms with Crippen LogP contribution in [0.5, 0.6) is 0 Å². The molecule has 82 valence electrons. The van der Waals surface area contributed by atoms with Crippen molar-refractivity contribution in [3.63, 3.8) is 0 Å². The van der Waals surface area contributed by atoms with Crippen LogP contribution in [0.4, 0.5) is 5.69 Å². The van der Waals surface area contributed by atoms with E-state index in [1.54, 1.807) is 6.07 Å². The lowest BCUT2D eigenvalue weighted by Gasteiger charge is -2.09. The summed E-state index contributed by atoms with van der Waals surface area (Å²) in [5.74, 6) is -0.377. The molecule has 1 aromatic rings. The normalized spacial score (nSPS) is 10.0. The quantitative estimate of drug-likeness (QED) is 0.726. The van der Waals surface area contributed by atoms with E-state index in [2.05, 4.69) is 12.2 Å². The maximum absolute atomic E-state index is 10.9. The second kappa shape index (κ2) is 5.39. The van der Waals surface area contributed by atoms with E-state index in [0.717, 1.165) is 24.2 Å². The summed E-state index contributed by atoms with van der Waals surface area (Å²) >= 11 is 0. The molecule has 0 heterocycles. The number of unbranched alkanes of at least 4 members (excludes halogenated alkanes) is 1. The molecule has 3 nitrogen and oxygen atoms in total. The zero-order valence-electron chi connectivity index (χ0n) is 9.34. The predicted molar refractivity (Wildman–Crippen MR) is 63.1 cm³/mol. The van der Waals surface area contributed by atoms with Gasteiger partial charge >= 0.3 is 0 Å². The zero-order valence-corrected chi connectivity index (χ0v) is 9.34. The molecule has 0 aromatic heterocycles. The number of benzene rings is 1. The van der Waals surface area contributed by atoms with Gasteiger partial charge < -0.3 is 11.1 Å². The van der Waals surface area contributed by atoms with Crippen LogP contribution in [0.1, 0.15) is 35.7 Å². The fraction of sp³-hybridized carbons (Fsp3) is 0.417. The first-order chi connectivity index (χ1) is 7.15. The maximum atomic E-state index is 10.9. The maximum Gasteiger partial charge on any atom is 0.248 e. The van der Waals surface area contributed by atoms with Crippen molar-refractivity contribution in [1.82, 2.24) is 0 Å². The second-order valence-corrected chi connectivity index (χ2v) is 3.67. The number of rotatable bonds is 5. The first kappa shape index (κ1) is 11.6. The Kier molecular flexibility index (Phi) is 4.16. The Balaban J connectivity index is 2.70. The smallest absolute Gasteiger partial charge is 0.248 e. The number of nitrogens with two attached hydrogens (primary N) is 1. The molecule has 3 heteroatoms. The van der Waals surface area contributed by atoms with E-state index in [4.69, 9.17) is 5.73 Å². The lowest BCUT2D eigenvalue weighted by molar-refractivity contribution is 0.100. The fourth-order valence-electron chi connectivity index (χ4n) is 1.42. The average molecular weight is 206 g/mol. The van der Waals surface area contributed by atoms with Gasteiger partial charge in [-0.15, -0.1) is 0 Å². The molecule has 0 saturated carbocycles.